The third-order valence-electron chi connectivity index (χ3n) is 3.93. The molecule has 18 heavy (non-hydrogen) atoms. The van der Waals surface area contributed by atoms with Crippen LogP contribution in [0.25, 0.3) is 0 Å². The lowest BCUT2D eigenvalue weighted by molar-refractivity contribution is -0.525. The molecule has 0 aromatic carbocycles. The molecule has 0 radical (unpaired) electrons. The van der Waals surface area contributed by atoms with Gasteiger partial charge in [0, 0.05) is 18.8 Å². The second-order valence-electron chi connectivity index (χ2n) is 5.97. The van der Waals surface area contributed by atoms with Crippen molar-refractivity contribution < 1.29 is 19.6 Å². The summed E-state index contributed by atoms with van der Waals surface area (Å²) in [6, 6.07) is 0. The van der Waals surface area contributed by atoms with E-state index in [1.165, 1.54) is 6.42 Å². The van der Waals surface area contributed by atoms with Crippen molar-refractivity contribution in [2.75, 3.05) is 0 Å². The van der Waals surface area contributed by atoms with Crippen molar-refractivity contribution in [3.8, 4) is 0 Å². The molecule has 0 saturated heterocycles. The Hall–Kier alpha value is -0.580. The van der Waals surface area contributed by atoms with Gasteiger partial charge < -0.3 is 4.89 Å². The highest BCUT2D eigenvalue weighted by Gasteiger charge is 2.41. The largest absolute Gasteiger partial charge is 0.340 e. The van der Waals surface area contributed by atoms with Gasteiger partial charge in [-0.1, -0.05) is 13.3 Å². The van der Waals surface area contributed by atoms with E-state index in [0.717, 1.165) is 31.4 Å². The first-order valence-electron chi connectivity index (χ1n) is 6.84. The minimum atomic E-state index is -0.741. The third kappa shape index (κ3) is 3.05. The molecule has 0 aromatic heterocycles. The van der Waals surface area contributed by atoms with Crippen LogP contribution in [0, 0.1) is 5.92 Å². The monoisotopic (exact) mass is 256 g/mol. The summed E-state index contributed by atoms with van der Waals surface area (Å²) in [4.78, 5) is 22.2. The second-order valence-corrected chi connectivity index (χ2v) is 5.97. The Labute approximate surface area is 109 Å². The van der Waals surface area contributed by atoms with Gasteiger partial charge in [-0.3, -0.25) is 0 Å². The maximum Gasteiger partial charge on any atom is 0.245 e. The Kier molecular flexibility index (Phi) is 3.99. The van der Waals surface area contributed by atoms with E-state index in [9.17, 15) is 0 Å². The predicted molar refractivity (Wildman–Crippen MR) is 67.2 cm³/mol. The van der Waals surface area contributed by atoms with Crippen molar-refractivity contribution in [1.82, 2.24) is 0 Å². The average molecular weight is 256 g/mol. The predicted octanol–water partition coefficient (Wildman–Crippen LogP) is 3.88. The summed E-state index contributed by atoms with van der Waals surface area (Å²) < 4.78 is 0. The molecule has 1 aliphatic heterocycles. The minimum absolute atomic E-state index is 0.180. The minimum Gasteiger partial charge on any atom is -0.340 e. The highest BCUT2D eigenvalue weighted by molar-refractivity contribution is 4.98. The zero-order valence-corrected chi connectivity index (χ0v) is 11.8. The van der Waals surface area contributed by atoms with E-state index in [4.69, 9.17) is 19.6 Å². The summed E-state index contributed by atoms with van der Waals surface area (Å²) >= 11 is 0. The summed E-state index contributed by atoms with van der Waals surface area (Å²) in [6.07, 6.45) is 6.99. The summed E-state index contributed by atoms with van der Waals surface area (Å²) in [6.45, 7) is 8.01. The first-order valence-corrected chi connectivity index (χ1v) is 6.84. The van der Waals surface area contributed by atoms with Gasteiger partial charge in [-0.05, 0) is 39.7 Å². The fourth-order valence-corrected chi connectivity index (χ4v) is 2.25. The van der Waals surface area contributed by atoms with Gasteiger partial charge in [0.15, 0.2) is 0 Å². The molecular formula is C14H24O4. The zero-order chi connectivity index (χ0) is 13.2. The lowest BCUT2D eigenvalue weighted by Gasteiger charge is -2.36. The molecule has 0 aromatic rings. The Bertz CT molecular complexity index is 316. The maximum absolute atomic E-state index is 5.65. The third-order valence-corrected chi connectivity index (χ3v) is 3.93. The van der Waals surface area contributed by atoms with Crippen molar-refractivity contribution in [2.24, 2.45) is 5.92 Å². The van der Waals surface area contributed by atoms with Gasteiger partial charge in [-0.25, -0.2) is 4.89 Å². The van der Waals surface area contributed by atoms with Gasteiger partial charge in [0.05, 0.1) is 0 Å². The van der Waals surface area contributed by atoms with E-state index in [0.29, 0.717) is 0 Å². The molecule has 1 spiro atoms. The first-order chi connectivity index (χ1) is 8.44. The van der Waals surface area contributed by atoms with Gasteiger partial charge in [-0.2, -0.15) is 9.78 Å². The van der Waals surface area contributed by atoms with Gasteiger partial charge in [0.2, 0.25) is 5.79 Å². The highest BCUT2D eigenvalue weighted by Crippen LogP contribution is 2.37. The van der Waals surface area contributed by atoms with Crippen molar-refractivity contribution in [3.05, 3.63) is 11.8 Å². The lowest BCUT2D eigenvalue weighted by atomic mass is 9.92. The van der Waals surface area contributed by atoms with E-state index in [1.54, 1.807) is 0 Å². The second kappa shape index (κ2) is 5.19. The average Bonchev–Trinajstić information content (AvgIpc) is 2.38. The molecular weight excluding hydrogens is 232 g/mol. The van der Waals surface area contributed by atoms with Crippen LogP contribution in [-0.2, 0) is 19.6 Å². The van der Waals surface area contributed by atoms with E-state index < -0.39 is 11.4 Å². The quantitative estimate of drug-likeness (QED) is 0.616. The van der Waals surface area contributed by atoms with E-state index in [2.05, 4.69) is 6.92 Å². The molecule has 2 aliphatic rings. The lowest BCUT2D eigenvalue weighted by Crippen LogP contribution is -2.42. The molecule has 1 unspecified atom stereocenters. The summed E-state index contributed by atoms with van der Waals surface area (Å²) in [5.41, 5.74) is -0.400. The number of rotatable bonds is 0. The Morgan fingerprint density at radius 3 is 2.39 bits per heavy atom. The molecule has 4 nitrogen and oxygen atoms in total. The summed E-state index contributed by atoms with van der Waals surface area (Å²) in [7, 11) is 0. The van der Waals surface area contributed by atoms with Gasteiger partial charge in [0.25, 0.3) is 0 Å². The first kappa shape index (κ1) is 13.8. The van der Waals surface area contributed by atoms with Crippen LogP contribution in [0.3, 0.4) is 0 Å². The van der Waals surface area contributed by atoms with Crippen LogP contribution >= 0.6 is 0 Å². The van der Waals surface area contributed by atoms with E-state index >= 15 is 0 Å². The van der Waals surface area contributed by atoms with Crippen molar-refractivity contribution in [1.29, 1.82) is 0 Å². The highest BCUT2D eigenvalue weighted by atomic mass is 17.3. The fourth-order valence-electron chi connectivity index (χ4n) is 2.25. The number of hydrogen-bond acceptors (Lipinski definition) is 4. The molecule has 0 bridgehead atoms. The molecule has 1 fully saturated rings. The smallest absolute Gasteiger partial charge is 0.245 e. The molecule has 1 heterocycles. The molecule has 104 valence electrons. The summed E-state index contributed by atoms with van der Waals surface area (Å²) in [5.74, 6) is 0.198. The van der Waals surface area contributed by atoms with Crippen molar-refractivity contribution >= 4 is 0 Å². The number of hydrogen-bond donors (Lipinski definition) is 0. The molecule has 1 atom stereocenters. The normalized spacial score (nSPS) is 34.7. The molecule has 4 heteroatoms. The Balaban J connectivity index is 2.16. The molecule has 1 aliphatic carbocycles. The van der Waals surface area contributed by atoms with Crippen LogP contribution in [-0.4, -0.2) is 11.4 Å². The van der Waals surface area contributed by atoms with Gasteiger partial charge in [0.1, 0.15) is 11.4 Å². The van der Waals surface area contributed by atoms with Gasteiger partial charge >= 0.3 is 0 Å². The van der Waals surface area contributed by atoms with Crippen molar-refractivity contribution in [2.45, 2.75) is 71.2 Å². The van der Waals surface area contributed by atoms with Crippen LogP contribution in [0.5, 0.6) is 0 Å². The van der Waals surface area contributed by atoms with Crippen LogP contribution in [0.15, 0.2) is 11.8 Å². The van der Waals surface area contributed by atoms with Crippen LogP contribution < -0.4 is 0 Å². The van der Waals surface area contributed by atoms with Crippen molar-refractivity contribution in [3.63, 3.8) is 0 Å². The standard InChI is InChI=1S/C14H24O4/c1-11-10-12(2)15-17-14(8-6-5-7-9-14)18-16-13(11,3)4/h10-11H,5-9H2,1-4H3/b12-10-. The fraction of sp³-hybridized carbons (Fsp3) is 0.857. The Morgan fingerprint density at radius 1 is 1.06 bits per heavy atom. The Morgan fingerprint density at radius 2 is 1.72 bits per heavy atom. The number of allylic oxidation sites excluding steroid dienone is 1. The zero-order valence-electron chi connectivity index (χ0n) is 11.8. The molecule has 0 N–H and O–H groups in total. The van der Waals surface area contributed by atoms with Crippen LogP contribution in [0.1, 0.15) is 59.8 Å². The SMILES string of the molecule is C/C1=C/C(C)C(C)(C)OOC2(CCCCC2)OO1. The molecule has 0 amide bonds. The van der Waals surface area contributed by atoms with Crippen LogP contribution in [0.2, 0.25) is 0 Å². The van der Waals surface area contributed by atoms with Crippen LogP contribution in [0.4, 0.5) is 0 Å². The maximum atomic E-state index is 5.65. The van der Waals surface area contributed by atoms with E-state index in [-0.39, 0.29) is 5.92 Å². The van der Waals surface area contributed by atoms with Gasteiger partial charge in [-0.15, -0.1) is 0 Å². The molecule has 1 saturated carbocycles. The topological polar surface area (TPSA) is 36.9 Å². The summed E-state index contributed by atoms with van der Waals surface area (Å²) in [5, 5.41) is 0. The van der Waals surface area contributed by atoms with E-state index in [1.807, 2.05) is 26.8 Å². The molecule has 2 rings (SSSR count).